The van der Waals surface area contributed by atoms with Crippen LogP contribution in [0.1, 0.15) is 30.9 Å². The molecule has 1 N–H and O–H groups in total. The van der Waals surface area contributed by atoms with Crippen LogP contribution in [0.15, 0.2) is 36.4 Å². The molecule has 1 aliphatic rings. The lowest BCUT2D eigenvalue weighted by molar-refractivity contribution is -0.125. The molecule has 3 nitrogen and oxygen atoms in total. The Morgan fingerprint density at radius 3 is 2.90 bits per heavy atom. The Labute approximate surface area is 125 Å². The molecule has 1 aromatic carbocycles. The first-order valence-electron chi connectivity index (χ1n) is 6.92. The number of ether oxygens (including phenoxy) is 1. The second-order valence-electron chi connectivity index (χ2n) is 4.97. The summed E-state index contributed by atoms with van der Waals surface area (Å²) in [6.45, 7) is 0.444. The lowest BCUT2D eigenvalue weighted by Crippen LogP contribution is -2.34. The van der Waals surface area contributed by atoms with Gasteiger partial charge >= 0.3 is 0 Å². The number of carbonyl (C=O) groups is 1. The number of hydrogen-bond acceptors (Lipinski definition) is 2. The summed E-state index contributed by atoms with van der Waals surface area (Å²) in [5, 5.41) is 3.63. The van der Waals surface area contributed by atoms with Crippen LogP contribution in [0.2, 0.25) is 5.02 Å². The minimum atomic E-state index is -0.216. The zero-order chi connectivity index (χ0) is 14.4. The Balaban J connectivity index is 1.92. The van der Waals surface area contributed by atoms with E-state index >= 15 is 0 Å². The van der Waals surface area contributed by atoms with E-state index in [1.54, 1.807) is 7.11 Å². The van der Waals surface area contributed by atoms with Crippen molar-refractivity contribution in [3.63, 3.8) is 0 Å². The van der Waals surface area contributed by atoms with Crippen molar-refractivity contribution < 1.29 is 9.53 Å². The highest BCUT2D eigenvalue weighted by Crippen LogP contribution is 2.25. The third-order valence-corrected chi connectivity index (χ3v) is 3.98. The molecule has 108 valence electrons. The highest BCUT2D eigenvalue weighted by atomic mass is 35.5. The normalized spacial score (nSPS) is 19.6. The molecule has 2 rings (SSSR count). The van der Waals surface area contributed by atoms with Gasteiger partial charge in [-0.05, 0) is 25.3 Å². The van der Waals surface area contributed by atoms with Crippen LogP contribution in [0.3, 0.4) is 0 Å². The van der Waals surface area contributed by atoms with Crippen molar-refractivity contribution in [1.82, 2.24) is 5.32 Å². The van der Waals surface area contributed by atoms with Crippen LogP contribution in [0.4, 0.5) is 0 Å². The van der Waals surface area contributed by atoms with E-state index < -0.39 is 0 Å². The van der Waals surface area contributed by atoms with Crippen LogP contribution in [0, 0.1) is 5.92 Å². The van der Waals surface area contributed by atoms with E-state index in [1.807, 2.05) is 24.3 Å². The van der Waals surface area contributed by atoms with Crippen LogP contribution in [0.5, 0.6) is 0 Å². The molecular weight excluding hydrogens is 274 g/mol. The maximum Gasteiger partial charge on any atom is 0.223 e. The monoisotopic (exact) mass is 293 g/mol. The fourth-order valence-electron chi connectivity index (χ4n) is 2.43. The average molecular weight is 294 g/mol. The molecule has 0 aromatic heterocycles. The van der Waals surface area contributed by atoms with Crippen LogP contribution >= 0.6 is 11.6 Å². The summed E-state index contributed by atoms with van der Waals surface area (Å²) < 4.78 is 5.44. The Hall–Kier alpha value is -1.32. The maximum atomic E-state index is 12.1. The summed E-state index contributed by atoms with van der Waals surface area (Å²) in [5.74, 6) is 0.187. The van der Waals surface area contributed by atoms with Crippen LogP contribution in [-0.4, -0.2) is 19.6 Å². The summed E-state index contributed by atoms with van der Waals surface area (Å²) in [6.07, 6.45) is 6.73. The number of nitrogens with one attached hydrogen (secondary N) is 1. The van der Waals surface area contributed by atoms with Gasteiger partial charge in [0.15, 0.2) is 0 Å². The Bertz CT molecular complexity index is 487. The molecule has 0 bridgehead atoms. The van der Waals surface area contributed by atoms with Gasteiger partial charge in [0.05, 0.1) is 0 Å². The van der Waals surface area contributed by atoms with E-state index in [1.165, 1.54) is 0 Å². The van der Waals surface area contributed by atoms with E-state index in [4.69, 9.17) is 16.3 Å². The molecule has 4 heteroatoms. The Kier molecular flexibility index (Phi) is 5.62. The lowest BCUT2D eigenvalue weighted by Gasteiger charge is -2.21. The van der Waals surface area contributed by atoms with Crippen molar-refractivity contribution in [2.24, 2.45) is 5.92 Å². The number of rotatable bonds is 5. The van der Waals surface area contributed by atoms with Crippen LogP contribution in [-0.2, 0) is 9.53 Å². The first kappa shape index (κ1) is 15.1. The van der Waals surface area contributed by atoms with Gasteiger partial charge in [-0.2, -0.15) is 0 Å². The Morgan fingerprint density at radius 2 is 2.25 bits per heavy atom. The highest BCUT2D eigenvalue weighted by molar-refractivity contribution is 6.31. The fraction of sp³-hybridized carbons (Fsp3) is 0.438. The van der Waals surface area contributed by atoms with Crippen molar-refractivity contribution in [2.75, 3.05) is 13.7 Å². The molecule has 0 saturated heterocycles. The van der Waals surface area contributed by atoms with Gasteiger partial charge in [-0.25, -0.2) is 0 Å². The second kappa shape index (κ2) is 7.46. The van der Waals surface area contributed by atoms with Gasteiger partial charge in [0, 0.05) is 30.2 Å². The number of hydrogen-bond donors (Lipinski definition) is 1. The Morgan fingerprint density at radius 1 is 1.45 bits per heavy atom. The third-order valence-electron chi connectivity index (χ3n) is 3.64. The molecular formula is C16H20ClNO2. The standard InChI is InChI=1S/C16H20ClNO2/c1-20-15(13-9-5-6-10-14(13)17)11-18-16(19)12-7-3-2-4-8-12/h2-3,5-6,9-10,12,15H,4,7-8,11H2,1H3,(H,18,19). The number of carbonyl (C=O) groups excluding carboxylic acids is 1. The van der Waals surface area contributed by atoms with Crippen molar-refractivity contribution in [3.05, 3.63) is 47.0 Å². The lowest BCUT2D eigenvalue weighted by atomic mass is 9.93. The highest BCUT2D eigenvalue weighted by Gasteiger charge is 2.20. The molecule has 20 heavy (non-hydrogen) atoms. The molecule has 0 aliphatic heterocycles. The van der Waals surface area contributed by atoms with Gasteiger partial charge in [-0.15, -0.1) is 0 Å². The quantitative estimate of drug-likeness (QED) is 0.844. The van der Waals surface area contributed by atoms with E-state index in [0.717, 1.165) is 24.8 Å². The summed E-state index contributed by atoms with van der Waals surface area (Å²) in [5.41, 5.74) is 0.903. The fourth-order valence-corrected chi connectivity index (χ4v) is 2.68. The summed E-state index contributed by atoms with van der Waals surface area (Å²) in [7, 11) is 1.63. The molecule has 0 heterocycles. The SMILES string of the molecule is COC(CNC(=O)C1CC=CCC1)c1ccccc1Cl. The number of amides is 1. The molecule has 0 saturated carbocycles. The van der Waals surface area contributed by atoms with Gasteiger partial charge in [0.25, 0.3) is 0 Å². The maximum absolute atomic E-state index is 12.1. The number of benzene rings is 1. The van der Waals surface area contributed by atoms with E-state index in [-0.39, 0.29) is 17.9 Å². The van der Waals surface area contributed by atoms with Crippen molar-refractivity contribution in [1.29, 1.82) is 0 Å². The molecule has 2 atom stereocenters. The molecule has 0 fully saturated rings. The van der Waals surface area contributed by atoms with Crippen molar-refractivity contribution in [2.45, 2.75) is 25.4 Å². The first-order chi connectivity index (χ1) is 9.72. The van der Waals surface area contributed by atoms with Crippen molar-refractivity contribution in [3.8, 4) is 0 Å². The molecule has 1 aliphatic carbocycles. The van der Waals surface area contributed by atoms with Gasteiger partial charge in [0.2, 0.25) is 5.91 Å². The largest absolute Gasteiger partial charge is 0.375 e. The minimum Gasteiger partial charge on any atom is -0.375 e. The van der Waals surface area contributed by atoms with E-state index in [2.05, 4.69) is 17.5 Å². The van der Waals surface area contributed by atoms with Gasteiger partial charge < -0.3 is 10.1 Å². The average Bonchev–Trinajstić information content (AvgIpc) is 2.50. The number of halogens is 1. The second-order valence-corrected chi connectivity index (χ2v) is 5.38. The zero-order valence-electron chi connectivity index (χ0n) is 11.6. The predicted molar refractivity (Wildman–Crippen MR) is 80.7 cm³/mol. The van der Waals surface area contributed by atoms with Gasteiger partial charge in [-0.1, -0.05) is 42.0 Å². The molecule has 2 unspecified atom stereocenters. The van der Waals surface area contributed by atoms with Gasteiger partial charge in [0.1, 0.15) is 6.10 Å². The van der Waals surface area contributed by atoms with Crippen molar-refractivity contribution >= 4 is 17.5 Å². The van der Waals surface area contributed by atoms with Crippen LogP contribution < -0.4 is 5.32 Å². The van der Waals surface area contributed by atoms with Gasteiger partial charge in [-0.3, -0.25) is 4.79 Å². The third kappa shape index (κ3) is 3.84. The van der Waals surface area contributed by atoms with E-state index in [9.17, 15) is 4.79 Å². The predicted octanol–water partition coefficient (Wildman–Crippen LogP) is 3.50. The number of allylic oxidation sites excluding steroid dienone is 2. The summed E-state index contributed by atoms with van der Waals surface area (Å²) >= 11 is 6.16. The smallest absolute Gasteiger partial charge is 0.223 e. The molecule has 0 radical (unpaired) electrons. The summed E-state index contributed by atoms with van der Waals surface area (Å²) in [6, 6.07) is 7.55. The zero-order valence-corrected chi connectivity index (χ0v) is 12.4. The topological polar surface area (TPSA) is 38.3 Å². The minimum absolute atomic E-state index is 0.0868. The molecule has 0 spiro atoms. The summed E-state index contributed by atoms with van der Waals surface area (Å²) in [4.78, 5) is 12.1. The van der Waals surface area contributed by atoms with Crippen LogP contribution in [0.25, 0.3) is 0 Å². The molecule has 1 amide bonds. The molecule has 1 aromatic rings. The number of methoxy groups -OCH3 is 1. The first-order valence-corrected chi connectivity index (χ1v) is 7.30. The van der Waals surface area contributed by atoms with E-state index in [0.29, 0.717) is 11.6 Å².